The van der Waals surface area contributed by atoms with Gasteiger partial charge in [-0.05, 0) is 12.8 Å². The Balaban J connectivity index is 1.89. The Bertz CT molecular complexity index is 286. The third kappa shape index (κ3) is 2.13. The van der Waals surface area contributed by atoms with Crippen LogP contribution in [-0.2, 0) is 13.6 Å². The summed E-state index contributed by atoms with van der Waals surface area (Å²) in [5.41, 5.74) is 7.13. The molecule has 0 aromatic carbocycles. The lowest BCUT2D eigenvalue weighted by Crippen LogP contribution is -2.39. The Labute approximate surface area is 84.7 Å². The van der Waals surface area contributed by atoms with Crippen LogP contribution in [0.1, 0.15) is 18.5 Å². The first kappa shape index (κ1) is 9.68. The molecule has 4 heteroatoms. The molecule has 0 unspecified atom stereocenters. The molecule has 14 heavy (non-hydrogen) atoms. The molecule has 4 nitrogen and oxygen atoms in total. The maximum atomic E-state index is 5.86. The van der Waals surface area contributed by atoms with E-state index in [0.717, 1.165) is 32.5 Å². The first-order valence-corrected chi connectivity index (χ1v) is 5.19. The van der Waals surface area contributed by atoms with Gasteiger partial charge in [-0.2, -0.15) is 0 Å². The quantitative estimate of drug-likeness (QED) is 0.738. The first-order chi connectivity index (χ1) is 6.75. The van der Waals surface area contributed by atoms with Gasteiger partial charge in [0, 0.05) is 38.9 Å². The van der Waals surface area contributed by atoms with E-state index in [9.17, 15) is 0 Å². The fourth-order valence-electron chi connectivity index (χ4n) is 1.88. The number of aromatic nitrogens is 2. The minimum atomic E-state index is 0.415. The molecule has 1 saturated heterocycles. The van der Waals surface area contributed by atoms with Gasteiger partial charge in [0.2, 0.25) is 0 Å². The Morgan fingerprint density at radius 2 is 2.21 bits per heavy atom. The van der Waals surface area contributed by atoms with Crippen molar-refractivity contribution in [2.75, 3.05) is 13.1 Å². The number of likely N-dealkylation sites (tertiary alicyclic amines) is 1. The van der Waals surface area contributed by atoms with Crippen molar-refractivity contribution in [2.45, 2.75) is 25.4 Å². The number of aryl methyl sites for hydroxylation is 1. The highest BCUT2D eigenvalue weighted by molar-refractivity contribution is 4.97. The third-order valence-electron chi connectivity index (χ3n) is 2.93. The molecule has 1 aromatic rings. The van der Waals surface area contributed by atoms with Crippen LogP contribution in [0.5, 0.6) is 0 Å². The molecule has 0 bridgehead atoms. The lowest BCUT2D eigenvalue weighted by Gasteiger charge is -2.29. The maximum absolute atomic E-state index is 5.86. The molecule has 78 valence electrons. The molecular weight excluding hydrogens is 176 g/mol. The minimum absolute atomic E-state index is 0.415. The monoisotopic (exact) mass is 194 g/mol. The van der Waals surface area contributed by atoms with Crippen molar-refractivity contribution in [1.29, 1.82) is 0 Å². The van der Waals surface area contributed by atoms with Crippen molar-refractivity contribution in [3.8, 4) is 0 Å². The van der Waals surface area contributed by atoms with E-state index in [1.54, 1.807) is 0 Å². The normalized spacial score (nSPS) is 20.1. The highest BCUT2D eigenvalue weighted by atomic mass is 15.2. The van der Waals surface area contributed by atoms with E-state index in [2.05, 4.69) is 14.5 Å². The zero-order chi connectivity index (χ0) is 9.97. The van der Waals surface area contributed by atoms with Gasteiger partial charge in [0.1, 0.15) is 0 Å². The molecule has 0 saturated carbocycles. The van der Waals surface area contributed by atoms with Gasteiger partial charge in [0.25, 0.3) is 0 Å². The van der Waals surface area contributed by atoms with Crippen LogP contribution in [-0.4, -0.2) is 33.6 Å². The Hall–Kier alpha value is -0.870. The van der Waals surface area contributed by atoms with Crippen LogP contribution in [0.2, 0.25) is 0 Å². The third-order valence-corrected chi connectivity index (χ3v) is 2.93. The number of piperidine rings is 1. The first-order valence-electron chi connectivity index (χ1n) is 5.19. The number of hydrogen-bond donors (Lipinski definition) is 1. The summed E-state index contributed by atoms with van der Waals surface area (Å²) >= 11 is 0. The zero-order valence-corrected chi connectivity index (χ0v) is 8.69. The van der Waals surface area contributed by atoms with Crippen LogP contribution in [0.15, 0.2) is 12.5 Å². The van der Waals surface area contributed by atoms with Gasteiger partial charge >= 0.3 is 0 Å². The van der Waals surface area contributed by atoms with E-state index in [-0.39, 0.29) is 0 Å². The fraction of sp³-hybridized carbons (Fsp3) is 0.700. The molecule has 1 aliphatic heterocycles. The lowest BCUT2D eigenvalue weighted by atomic mass is 10.1. The summed E-state index contributed by atoms with van der Waals surface area (Å²) in [7, 11) is 2.04. The number of imidazole rings is 1. The maximum Gasteiger partial charge on any atom is 0.0945 e. The second kappa shape index (κ2) is 4.11. The number of hydrogen-bond acceptors (Lipinski definition) is 3. The van der Waals surface area contributed by atoms with Gasteiger partial charge in [-0.3, -0.25) is 4.90 Å². The highest BCUT2D eigenvalue weighted by Crippen LogP contribution is 2.11. The van der Waals surface area contributed by atoms with Crippen LogP contribution in [0, 0.1) is 0 Å². The topological polar surface area (TPSA) is 47.1 Å². The summed E-state index contributed by atoms with van der Waals surface area (Å²) in [4.78, 5) is 6.56. The van der Waals surface area contributed by atoms with Crippen molar-refractivity contribution in [1.82, 2.24) is 14.5 Å². The molecule has 2 N–H and O–H groups in total. The van der Waals surface area contributed by atoms with Gasteiger partial charge in [0.05, 0.1) is 12.0 Å². The SMILES string of the molecule is Cn1cncc1CN1CCC(N)CC1. The fourth-order valence-corrected chi connectivity index (χ4v) is 1.88. The Kier molecular flexibility index (Phi) is 2.84. The van der Waals surface area contributed by atoms with Crippen LogP contribution >= 0.6 is 0 Å². The molecule has 0 spiro atoms. The second-order valence-electron chi connectivity index (χ2n) is 4.11. The number of rotatable bonds is 2. The molecule has 2 rings (SSSR count). The van der Waals surface area contributed by atoms with E-state index >= 15 is 0 Å². The Morgan fingerprint density at radius 3 is 2.79 bits per heavy atom. The molecule has 0 atom stereocenters. The summed E-state index contributed by atoms with van der Waals surface area (Å²) in [6.07, 6.45) is 6.04. The molecule has 2 heterocycles. The second-order valence-corrected chi connectivity index (χ2v) is 4.11. The minimum Gasteiger partial charge on any atom is -0.337 e. The lowest BCUT2D eigenvalue weighted by molar-refractivity contribution is 0.202. The summed E-state index contributed by atoms with van der Waals surface area (Å²) in [6.45, 7) is 3.24. The standard InChI is InChI=1S/C10H18N4/c1-13-8-12-6-10(13)7-14-4-2-9(11)3-5-14/h6,8-9H,2-5,7,11H2,1H3. The van der Waals surface area contributed by atoms with Crippen molar-refractivity contribution in [3.05, 3.63) is 18.2 Å². The van der Waals surface area contributed by atoms with E-state index in [4.69, 9.17) is 5.73 Å². The highest BCUT2D eigenvalue weighted by Gasteiger charge is 2.16. The molecule has 0 amide bonds. The van der Waals surface area contributed by atoms with Crippen molar-refractivity contribution < 1.29 is 0 Å². The van der Waals surface area contributed by atoms with Crippen molar-refractivity contribution in [2.24, 2.45) is 12.8 Å². The van der Waals surface area contributed by atoms with E-state index in [1.807, 2.05) is 19.6 Å². The Morgan fingerprint density at radius 1 is 1.50 bits per heavy atom. The molecule has 0 radical (unpaired) electrons. The zero-order valence-electron chi connectivity index (χ0n) is 8.69. The van der Waals surface area contributed by atoms with Crippen LogP contribution in [0.3, 0.4) is 0 Å². The largest absolute Gasteiger partial charge is 0.337 e. The van der Waals surface area contributed by atoms with E-state index < -0.39 is 0 Å². The van der Waals surface area contributed by atoms with Gasteiger partial charge in [-0.25, -0.2) is 4.98 Å². The predicted octanol–water partition coefficient (Wildman–Crippen LogP) is 0.343. The van der Waals surface area contributed by atoms with E-state index in [1.165, 1.54) is 5.69 Å². The van der Waals surface area contributed by atoms with Gasteiger partial charge in [0.15, 0.2) is 0 Å². The van der Waals surface area contributed by atoms with Crippen molar-refractivity contribution in [3.63, 3.8) is 0 Å². The summed E-state index contributed by atoms with van der Waals surface area (Å²) in [6, 6.07) is 0.415. The summed E-state index contributed by atoms with van der Waals surface area (Å²) in [5, 5.41) is 0. The molecule has 1 fully saturated rings. The molecular formula is C10H18N4. The molecule has 1 aliphatic rings. The van der Waals surface area contributed by atoms with Gasteiger partial charge in [-0.15, -0.1) is 0 Å². The number of nitrogens with two attached hydrogens (primary N) is 1. The van der Waals surface area contributed by atoms with Crippen LogP contribution < -0.4 is 5.73 Å². The average Bonchev–Trinajstić information content (AvgIpc) is 2.56. The van der Waals surface area contributed by atoms with E-state index in [0.29, 0.717) is 6.04 Å². The van der Waals surface area contributed by atoms with Crippen molar-refractivity contribution >= 4 is 0 Å². The summed E-state index contributed by atoms with van der Waals surface area (Å²) < 4.78 is 2.08. The van der Waals surface area contributed by atoms with Gasteiger partial charge < -0.3 is 10.3 Å². The smallest absolute Gasteiger partial charge is 0.0945 e. The summed E-state index contributed by atoms with van der Waals surface area (Å²) in [5.74, 6) is 0. The number of nitrogens with zero attached hydrogens (tertiary/aromatic N) is 3. The average molecular weight is 194 g/mol. The molecule has 1 aromatic heterocycles. The predicted molar refractivity (Wildman–Crippen MR) is 55.7 cm³/mol. The van der Waals surface area contributed by atoms with Crippen LogP contribution in [0.25, 0.3) is 0 Å². The van der Waals surface area contributed by atoms with Crippen LogP contribution in [0.4, 0.5) is 0 Å². The molecule has 0 aliphatic carbocycles. The van der Waals surface area contributed by atoms with Gasteiger partial charge in [-0.1, -0.05) is 0 Å².